The van der Waals surface area contributed by atoms with E-state index in [4.69, 9.17) is 0 Å². The van der Waals surface area contributed by atoms with Gasteiger partial charge in [-0.2, -0.15) is 11.3 Å². The Balaban J connectivity index is 1.89. The summed E-state index contributed by atoms with van der Waals surface area (Å²) in [7, 11) is 0. The minimum Gasteiger partial charge on any atom is -0.316 e. The minimum atomic E-state index is 1.12. The van der Waals surface area contributed by atoms with Crippen molar-refractivity contribution in [1.82, 2.24) is 5.32 Å². The summed E-state index contributed by atoms with van der Waals surface area (Å²) in [6.45, 7) is 2.35. The van der Waals surface area contributed by atoms with Gasteiger partial charge in [-0.15, -0.1) is 0 Å². The van der Waals surface area contributed by atoms with Gasteiger partial charge in [0.25, 0.3) is 0 Å². The van der Waals surface area contributed by atoms with E-state index in [1.54, 1.807) is 16.9 Å². The van der Waals surface area contributed by atoms with Crippen LogP contribution in [0.2, 0.25) is 0 Å². The van der Waals surface area contributed by atoms with E-state index in [2.05, 4.69) is 28.2 Å². The highest BCUT2D eigenvalue weighted by molar-refractivity contribution is 7.07. The zero-order valence-corrected chi connectivity index (χ0v) is 9.28. The highest BCUT2D eigenvalue weighted by Crippen LogP contribution is 2.14. The van der Waals surface area contributed by atoms with Crippen molar-refractivity contribution in [3.05, 3.63) is 34.0 Å². The summed E-state index contributed by atoms with van der Waals surface area (Å²) >= 11 is 1.79. The third-order valence-corrected chi connectivity index (χ3v) is 3.41. The Morgan fingerprint density at radius 1 is 1.36 bits per heavy atom. The van der Waals surface area contributed by atoms with E-state index in [1.165, 1.54) is 31.4 Å². The molecule has 1 aliphatic heterocycles. The molecular weight excluding hydrogens is 190 g/mol. The SMILES string of the molecule is C(/Cc1ccsc1)=C1\CCCNCC1. The van der Waals surface area contributed by atoms with E-state index >= 15 is 0 Å². The van der Waals surface area contributed by atoms with Crippen LogP contribution in [0.1, 0.15) is 24.8 Å². The second-order valence-electron chi connectivity index (χ2n) is 3.80. The van der Waals surface area contributed by atoms with Crippen molar-refractivity contribution in [2.24, 2.45) is 0 Å². The molecule has 1 N–H and O–H groups in total. The molecule has 2 heteroatoms. The molecule has 1 aromatic heterocycles. The van der Waals surface area contributed by atoms with Crippen LogP contribution in [0.15, 0.2) is 28.5 Å². The standard InChI is InChI=1S/C12H17NS/c1-2-11(5-8-13-7-1)3-4-12-6-9-14-10-12/h3,6,9-10,13H,1-2,4-5,7-8H2/b11-3-. The predicted molar refractivity (Wildman–Crippen MR) is 62.8 cm³/mol. The Morgan fingerprint density at radius 3 is 3.21 bits per heavy atom. The zero-order valence-electron chi connectivity index (χ0n) is 8.46. The number of nitrogens with one attached hydrogen (secondary N) is 1. The molecule has 76 valence electrons. The van der Waals surface area contributed by atoms with Crippen molar-refractivity contribution in [2.75, 3.05) is 13.1 Å². The first kappa shape index (κ1) is 9.94. The fraction of sp³-hybridized carbons (Fsp3) is 0.500. The molecule has 0 saturated carbocycles. The first-order valence-electron chi connectivity index (χ1n) is 5.35. The van der Waals surface area contributed by atoms with Crippen LogP contribution in [0.25, 0.3) is 0 Å². The van der Waals surface area contributed by atoms with Crippen LogP contribution in [0.3, 0.4) is 0 Å². The fourth-order valence-electron chi connectivity index (χ4n) is 1.81. The van der Waals surface area contributed by atoms with Crippen molar-refractivity contribution in [3.8, 4) is 0 Å². The molecule has 1 nitrogen and oxygen atoms in total. The second-order valence-corrected chi connectivity index (χ2v) is 4.58. The van der Waals surface area contributed by atoms with Gasteiger partial charge in [0.1, 0.15) is 0 Å². The maximum absolute atomic E-state index is 3.43. The van der Waals surface area contributed by atoms with Gasteiger partial charge in [-0.1, -0.05) is 11.6 Å². The van der Waals surface area contributed by atoms with Crippen LogP contribution < -0.4 is 5.32 Å². The van der Waals surface area contributed by atoms with E-state index in [-0.39, 0.29) is 0 Å². The van der Waals surface area contributed by atoms with Gasteiger partial charge in [0, 0.05) is 0 Å². The summed E-state index contributed by atoms with van der Waals surface area (Å²) in [5.74, 6) is 0. The first-order chi connectivity index (χ1) is 6.95. The number of thiophene rings is 1. The molecule has 0 radical (unpaired) electrons. The fourth-order valence-corrected chi connectivity index (χ4v) is 2.50. The lowest BCUT2D eigenvalue weighted by molar-refractivity contribution is 0.703. The Morgan fingerprint density at radius 2 is 2.36 bits per heavy atom. The minimum absolute atomic E-state index is 1.12. The van der Waals surface area contributed by atoms with E-state index in [9.17, 15) is 0 Å². The number of rotatable bonds is 2. The lowest BCUT2D eigenvalue weighted by Crippen LogP contribution is -2.13. The molecule has 2 heterocycles. The largest absolute Gasteiger partial charge is 0.316 e. The van der Waals surface area contributed by atoms with Crippen molar-refractivity contribution in [2.45, 2.75) is 25.7 Å². The Hall–Kier alpha value is -0.600. The van der Waals surface area contributed by atoms with Gasteiger partial charge in [0.05, 0.1) is 0 Å². The smallest absolute Gasteiger partial charge is 0.00116 e. The van der Waals surface area contributed by atoms with Crippen LogP contribution in [0.4, 0.5) is 0 Å². The van der Waals surface area contributed by atoms with Gasteiger partial charge in [0.15, 0.2) is 0 Å². The lowest BCUT2D eigenvalue weighted by atomic mass is 10.1. The van der Waals surface area contributed by atoms with Crippen LogP contribution in [-0.2, 0) is 6.42 Å². The van der Waals surface area contributed by atoms with Gasteiger partial charge in [-0.25, -0.2) is 0 Å². The molecule has 0 atom stereocenters. The summed E-state index contributed by atoms with van der Waals surface area (Å²) in [4.78, 5) is 0. The number of hydrogen-bond donors (Lipinski definition) is 1. The maximum Gasteiger partial charge on any atom is -0.00116 e. The van der Waals surface area contributed by atoms with Crippen molar-refractivity contribution >= 4 is 11.3 Å². The normalized spacial score (nSPS) is 21.0. The maximum atomic E-state index is 3.43. The molecule has 0 bridgehead atoms. The summed E-state index contributed by atoms with van der Waals surface area (Å²) in [5.41, 5.74) is 3.10. The molecule has 1 aliphatic rings. The first-order valence-corrected chi connectivity index (χ1v) is 6.29. The topological polar surface area (TPSA) is 12.0 Å². The monoisotopic (exact) mass is 207 g/mol. The third kappa shape index (κ3) is 2.96. The van der Waals surface area contributed by atoms with Gasteiger partial charge in [-0.05, 0) is 61.2 Å². The van der Waals surface area contributed by atoms with E-state index in [0.29, 0.717) is 0 Å². The summed E-state index contributed by atoms with van der Waals surface area (Å²) in [6, 6.07) is 2.22. The highest BCUT2D eigenvalue weighted by Gasteiger charge is 2.02. The van der Waals surface area contributed by atoms with Crippen LogP contribution in [0.5, 0.6) is 0 Å². The predicted octanol–water partition coefficient (Wildman–Crippen LogP) is 2.99. The molecule has 1 aromatic rings. The molecule has 0 aliphatic carbocycles. The summed E-state index contributed by atoms with van der Waals surface area (Å²) in [6.07, 6.45) is 7.38. The number of hydrogen-bond acceptors (Lipinski definition) is 2. The van der Waals surface area contributed by atoms with Crippen LogP contribution in [-0.4, -0.2) is 13.1 Å². The van der Waals surface area contributed by atoms with Gasteiger partial charge in [-0.3, -0.25) is 0 Å². The van der Waals surface area contributed by atoms with Gasteiger partial charge >= 0.3 is 0 Å². The van der Waals surface area contributed by atoms with Crippen molar-refractivity contribution < 1.29 is 0 Å². The van der Waals surface area contributed by atoms with Crippen LogP contribution in [0, 0.1) is 0 Å². The molecular formula is C12H17NS. The summed E-state index contributed by atoms with van der Waals surface area (Å²) in [5, 5.41) is 7.83. The van der Waals surface area contributed by atoms with Crippen molar-refractivity contribution in [1.29, 1.82) is 0 Å². The average molecular weight is 207 g/mol. The molecule has 0 amide bonds. The molecule has 1 saturated heterocycles. The van der Waals surface area contributed by atoms with E-state index in [1.807, 2.05) is 0 Å². The van der Waals surface area contributed by atoms with Gasteiger partial charge in [0.2, 0.25) is 0 Å². The Kier molecular flexibility index (Phi) is 3.78. The van der Waals surface area contributed by atoms with Gasteiger partial charge < -0.3 is 5.32 Å². The molecule has 0 unspecified atom stereocenters. The molecule has 2 rings (SSSR count). The average Bonchev–Trinajstić information content (AvgIpc) is 2.58. The van der Waals surface area contributed by atoms with E-state index < -0.39 is 0 Å². The Bertz CT molecular complexity index is 277. The second kappa shape index (κ2) is 5.32. The molecule has 14 heavy (non-hydrogen) atoms. The zero-order chi connectivity index (χ0) is 9.64. The van der Waals surface area contributed by atoms with E-state index in [0.717, 1.165) is 13.0 Å². The third-order valence-electron chi connectivity index (χ3n) is 2.68. The highest BCUT2D eigenvalue weighted by atomic mass is 32.1. The molecule has 1 fully saturated rings. The van der Waals surface area contributed by atoms with Crippen molar-refractivity contribution in [3.63, 3.8) is 0 Å². The molecule has 0 aromatic carbocycles. The summed E-state index contributed by atoms with van der Waals surface area (Å²) < 4.78 is 0. The lowest BCUT2D eigenvalue weighted by Gasteiger charge is -2.00. The number of allylic oxidation sites excluding steroid dienone is 1. The van der Waals surface area contributed by atoms with Crippen LogP contribution >= 0.6 is 11.3 Å². The Labute approximate surface area is 89.8 Å². The quantitative estimate of drug-likeness (QED) is 0.735. The molecule has 0 spiro atoms.